The molecule has 0 spiro atoms. The van der Waals surface area contributed by atoms with Crippen molar-refractivity contribution in [2.75, 3.05) is 13.1 Å². The minimum absolute atomic E-state index is 0.329. The van der Waals surface area contributed by atoms with Gasteiger partial charge in [-0.3, -0.25) is 4.79 Å². The van der Waals surface area contributed by atoms with E-state index in [1.165, 1.54) is 0 Å². The van der Waals surface area contributed by atoms with Gasteiger partial charge in [-0.2, -0.15) is 0 Å². The molecule has 0 aromatic carbocycles. The first kappa shape index (κ1) is 14.7. The lowest BCUT2D eigenvalue weighted by atomic mass is 9.89. The highest BCUT2D eigenvalue weighted by Gasteiger charge is 2.32. The molecule has 6 heteroatoms. The predicted octanol–water partition coefficient (Wildman–Crippen LogP) is 1.71. The van der Waals surface area contributed by atoms with Crippen LogP contribution in [0, 0.1) is 0 Å². The lowest BCUT2D eigenvalue weighted by Crippen LogP contribution is -2.55. The average molecular weight is 227 g/mol. The van der Waals surface area contributed by atoms with Gasteiger partial charge in [0.05, 0.1) is 5.54 Å². The van der Waals surface area contributed by atoms with E-state index in [0.29, 0.717) is 19.5 Å². The van der Waals surface area contributed by atoms with Gasteiger partial charge >= 0.3 is 0 Å². The molecule has 0 aromatic rings. The molecule has 0 aliphatic rings. The molecule has 0 bridgehead atoms. The molecule has 1 atom stereocenters. The number of azide groups is 1. The monoisotopic (exact) mass is 227 g/mol. The van der Waals surface area contributed by atoms with Crippen LogP contribution >= 0.6 is 0 Å². The summed E-state index contributed by atoms with van der Waals surface area (Å²) in [5.41, 5.74) is 12.9. The van der Waals surface area contributed by atoms with Crippen LogP contribution in [0.5, 0.6) is 0 Å². The van der Waals surface area contributed by atoms with Crippen molar-refractivity contribution in [3.05, 3.63) is 10.4 Å². The maximum Gasteiger partial charge on any atom is 0.237 e. The number of hydrogen-bond donors (Lipinski definition) is 2. The lowest BCUT2D eigenvalue weighted by molar-refractivity contribution is -0.124. The van der Waals surface area contributed by atoms with Crippen LogP contribution in [0.15, 0.2) is 5.11 Å². The molecule has 0 saturated heterocycles. The summed E-state index contributed by atoms with van der Waals surface area (Å²) >= 11 is 0. The van der Waals surface area contributed by atoms with E-state index in [2.05, 4.69) is 22.3 Å². The van der Waals surface area contributed by atoms with E-state index in [4.69, 9.17) is 11.3 Å². The molecule has 0 radical (unpaired) electrons. The second kappa shape index (κ2) is 7.96. The summed E-state index contributed by atoms with van der Waals surface area (Å²) in [6.45, 7) is 4.81. The zero-order valence-corrected chi connectivity index (χ0v) is 10.1. The summed E-state index contributed by atoms with van der Waals surface area (Å²) in [5, 5.41) is 6.53. The molecule has 3 N–H and O–H groups in total. The number of rotatable bonds is 9. The molecule has 0 aromatic heterocycles. The minimum Gasteiger partial charge on any atom is -0.368 e. The molecular formula is C10H21N5O. The zero-order valence-electron chi connectivity index (χ0n) is 10.1. The average Bonchev–Trinajstić information content (AvgIpc) is 2.28. The maximum absolute atomic E-state index is 11.5. The molecule has 0 saturated carbocycles. The fourth-order valence-corrected chi connectivity index (χ4v) is 1.64. The van der Waals surface area contributed by atoms with Crippen LogP contribution in [-0.4, -0.2) is 24.5 Å². The Balaban J connectivity index is 4.37. The topological polar surface area (TPSA) is 104 Å². The van der Waals surface area contributed by atoms with Crippen molar-refractivity contribution >= 4 is 5.91 Å². The summed E-state index contributed by atoms with van der Waals surface area (Å²) in [5.74, 6) is -0.329. The van der Waals surface area contributed by atoms with Gasteiger partial charge in [0, 0.05) is 18.0 Å². The second-order valence-corrected chi connectivity index (χ2v) is 3.78. The normalized spacial score (nSPS) is 13.9. The Morgan fingerprint density at radius 3 is 2.69 bits per heavy atom. The largest absolute Gasteiger partial charge is 0.368 e. The van der Waals surface area contributed by atoms with Crippen molar-refractivity contribution in [3.63, 3.8) is 0 Å². The number of carbonyl (C=O) groups excluding carboxylic acids is 1. The number of amides is 1. The third-order valence-electron chi connectivity index (χ3n) is 2.77. The van der Waals surface area contributed by atoms with Crippen LogP contribution in [-0.2, 0) is 4.79 Å². The van der Waals surface area contributed by atoms with E-state index in [9.17, 15) is 4.79 Å². The Morgan fingerprint density at radius 2 is 2.25 bits per heavy atom. The van der Waals surface area contributed by atoms with Gasteiger partial charge in [-0.05, 0) is 18.4 Å². The number of nitrogens with two attached hydrogens (primary N) is 1. The minimum atomic E-state index is -0.652. The highest BCUT2D eigenvalue weighted by Crippen LogP contribution is 2.18. The van der Waals surface area contributed by atoms with Crippen LogP contribution in [0.25, 0.3) is 10.4 Å². The van der Waals surface area contributed by atoms with Crippen molar-refractivity contribution in [1.82, 2.24) is 5.32 Å². The smallest absolute Gasteiger partial charge is 0.237 e. The van der Waals surface area contributed by atoms with Gasteiger partial charge in [-0.15, -0.1) is 0 Å². The van der Waals surface area contributed by atoms with Gasteiger partial charge in [0.15, 0.2) is 0 Å². The van der Waals surface area contributed by atoms with Gasteiger partial charge in [0.1, 0.15) is 0 Å². The Kier molecular flexibility index (Phi) is 7.33. The fraction of sp³-hybridized carbons (Fsp3) is 0.900. The third kappa shape index (κ3) is 4.51. The molecule has 16 heavy (non-hydrogen) atoms. The molecule has 0 aliphatic carbocycles. The number of hydrogen-bond acceptors (Lipinski definition) is 3. The standard InChI is InChI=1S/C10H21N5O/c1-3-5-6-10(4-2,9(11)16)13-7-8-14-15-12/h13H,3-8H2,1-2H3,(H2,11,16). The van der Waals surface area contributed by atoms with Crippen LogP contribution in [0.3, 0.4) is 0 Å². The molecule has 0 fully saturated rings. The van der Waals surface area contributed by atoms with Gasteiger partial charge in [0.25, 0.3) is 0 Å². The van der Waals surface area contributed by atoms with E-state index < -0.39 is 5.54 Å². The zero-order chi connectivity index (χ0) is 12.4. The predicted molar refractivity (Wildman–Crippen MR) is 63.8 cm³/mol. The summed E-state index contributed by atoms with van der Waals surface area (Å²) in [7, 11) is 0. The van der Waals surface area contributed by atoms with Crippen LogP contribution in [0.4, 0.5) is 0 Å². The Morgan fingerprint density at radius 1 is 1.56 bits per heavy atom. The molecule has 92 valence electrons. The molecule has 0 aliphatic heterocycles. The van der Waals surface area contributed by atoms with E-state index >= 15 is 0 Å². The quantitative estimate of drug-likeness (QED) is 0.271. The van der Waals surface area contributed by atoms with Gasteiger partial charge in [-0.1, -0.05) is 31.8 Å². The van der Waals surface area contributed by atoms with Crippen molar-refractivity contribution in [2.45, 2.75) is 45.1 Å². The van der Waals surface area contributed by atoms with Crippen LogP contribution in [0.1, 0.15) is 39.5 Å². The lowest BCUT2D eigenvalue weighted by Gasteiger charge is -2.30. The highest BCUT2D eigenvalue weighted by atomic mass is 16.1. The number of nitrogens with one attached hydrogen (secondary N) is 1. The number of nitrogens with zero attached hydrogens (tertiary/aromatic N) is 3. The first-order valence-corrected chi connectivity index (χ1v) is 5.68. The number of unbranched alkanes of at least 4 members (excludes halogenated alkanes) is 1. The van der Waals surface area contributed by atoms with Crippen molar-refractivity contribution in [3.8, 4) is 0 Å². The Hall–Kier alpha value is -1.26. The number of primary amides is 1. The third-order valence-corrected chi connectivity index (χ3v) is 2.77. The molecule has 1 amide bonds. The SMILES string of the molecule is CCCCC(CC)(NCCN=[N+]=[N-])C(N)=O. The Bertz CT molecular complexity index is 262. The maximum atomic E-state index is 11.5. The highest BCUT2D eigenvalue weighted by molar-refractivity contribution is 5.84. The first-order chi connectivity index (χ1) is 7.63. The fourth-order valence-electron chi connectivity index (χ4n) is 1.64. The van der Waals surface area contributed by atoms with E-state index in [1.807, 2.05) is 6.92 Å². The number of carbonyl (C=O) groups is 1. The Labute approximate surface area is 96.2 Å². The van der Waals surface area contributed by atoms with Gasteiger partial charge < -0.3 is 11.1 Å². The molecule has 0 rings (SSSR count). The van der Waals surface area contributed by atoms with Crippen molar-refractivity contribution in [2.24, 2.45) is 10.8 Å². The molecule has 0 heterocycles. The van der Waals surface area contributed by atoms with Crippen molar-refractivity contribution < 1.29 is 4.79 Å². The molecular weight excluding hydrogens is 206 g/mol. The van der Waals surface area contributed by atoms with E-state index in [1.54, 1.807) is 0 Å². The molecule has 1 unspecified atom stereocenters. The van der Waals surface area contributed by atoms with Crippen LogP contribution < -0.4 is 11.1 Å². The van der Waals surface area contributed by atoms with Gasteiger partial charge in [0.2, 0.25) is 5.91 Å². The van der Waals surface area contributed by atoms with Crippen LogP contribution in [0.2, 0.25) is 0 Å². The van der Waals surface area contributed by atoms with Crippen molar-refractivity contribution in [1.29, 1.82) is 0 Å². The van der Waals surface area contributed by atoms with E-state index in [0.717, 1.165) is 19.3 Å². The molecule has 6 nitrogen and oxygen atoms in total. The van der Waals surface area contributed by atoms with Gasteiger partial charge in [-0.25, -0.2) is 0 Å². The second-order valence-electron chi connectivity index (χ2n) is 3.78. The summed E-state index contributed by atoms with van der Waals surface area (Å²) in [6.07, 6.45) is 3.35. The summed E-state index contributed by atoms with van der Waals surface area (Å²) in [4.78, 5) is 14.1. The summed E-state index contributed by atoms with van der Waals surface area (Å²) < 4.78 is 0. The first-order valence-electron chi connectivity index (χ1n) is 5.68. The van der Waals surface area contributed by atoms with E-state index in [-0.39, 0.29) is 5.91 Å². The summed E-state index contributed by atoms with van der Waals surface area (Å²) in [6, 6.07) is 0.